The summed E-state index contributed by atoms with van der Waals surface area (Å²) < 4.78 is 10.4. The van der Waals surface area contributed by atoms with Crippen molar-refractivity contribution in [2.75, 3.05) is 6.79 Å². The van der Waals surface area contributed by atoms with E-state index in [-0.39, 0.29) is 0 Å². The summed E-state index contributed by atoms with van der Waals surface area (Å²) in [6.07, 6.45) is 1.04. The van der Waals surface area contributed by atoms with Crippen LogP contribution in [-0.4, -0.2) is 6.79 Å². The first-order chi connectivity index (χ1) is 6.40. The predicted octanol–water partition coefficient (Wildman–Crippen LogP) is 3.00. The second kappa shape index (κ2) is 4.75. The Morgan fingerprint density at radius 3 is 2.54 bits per heavy atom. The fourth-order valence-corrected chi connectivity index (χ4v) is 1.16. The van der Waals surface area contributed by atoms with Gasteiger partial charge in [0, 0.05) is 0 Å². The maximum absolute atomic E-state index is 5.22. The summed E-state index contributed by atoms with van der Waals surface area (Å²) in [5.41, 5.74) is 1.29. The van der Waals surface area contributed by atoms with Gasteiger partial charge in [0.05, 0.1) is 0 Å². The Kier molecular flexibility index (Phi) is 3.62. The molecule has 1 aromatic rings. The summed E-state index contributed by atoms with van der Waals surface area (Å²) in [5, 5.41) is 0. The third kappa shape index (κ3) is 2.14. The molecular formula is C11H16O2. The molecule has 2 heteroatoms. The predicted molar refractivity (Wildman–Crippen MR) is 53.3 cm³/mol. The van der Waals surface area contributed by atoms with Crippen LogP contribution in [0.1, 0.15) is 26.3 Å². The molecule has 0 aromatic heterocycles. The maximum atomic E-state index is 5.22. The molecule has 1 heterocycles. The summed E-state index contributed by atoms with van der Waals surface area (Å²) in [6, 6.07) is 6.05. The van der Waals surface area contributed by atoms with Crippen molar-refractivity contribution in [3.05, 3.63) is 23.8 Å². The molecule has 0 saturated carbocycles. The van der Waals surface area contributed by atoms with Gasteiger partial charge in [0.1, 0.15) is 0 Å². The fraction of sp³-hybridized carbons (Fsp3) is 0.455. The average molecular weight is 180 g/mol. The van der Waals surface area contributed by atoms with E-state index < -0.39 is 0 Å². The summed E-state index contributed by atoms with van der Waals surface area (Å²) in [7, 11) is 0. The Morgan fingerprint density at radius 1 is 1.15 bits per heavy atom. The molecule has 1 aliphatic rings. The van der Waals surface area contributed by atoms with Gasteiger partial charge in [0.15, 0.2) is 11.5 Å². The standard InChI is InChI=1S/C9H10O2.C2H6/c1-2-7-3-4-8-9(5-7)11-6-10-8;1-2/h3-5H,2,6H2,1H3;1-2H3. The van der Waals surface area contributed by atoms with Gasteiger partial charge in [0.25, 0.3) is 0 Å². The van der Waals surface area contributed by atoms with Crippen molar-refractivity contribution in [3.8, 4) is 11.5 Å². The highest BCUT2D eigenvalue weighted by atomic mass is 16.7. The lowest BCUT2D eigenvalue weighted by molar-refractivity contribution is 0.174. The van der Waals surface area contributed by atoms with Crippen LogP contribution in [0, 0.1) is 0 Å². The first-order valence-corrected chi connectivity index (χ1v) is 4.78. The third-order valence-corrected chi connectivity index (χ3v) is 1.85. The molecule has 0 fully saturated rings. The molecule has 72 valence electrons. The second-order valence-electron chi connectivity index (χ2n) is 2.54. The molecule has 1 aromatic carbocycles. The topological polar surface area (TPSA) is 18.5 Å². The van der Waals surface area contributed by atoms with Gasteiger partial charge >= 0.3 is 0 Å². The highest BCUT2D eigenvalue weighted by molar-refractivity contribution is 5.44. The minimum absolute atomic E-state index is 0.364. The van der Waals surface area contributed by atoms with Gasteiger partial charge < -0.3 is 9.47 Å². The normalized spacial score (nSPS) is 11.9. The first-order valence-electron chi connectivity index (χ1n) is 4.78. The van der Waals surface area contributed by atoms with Crippen molar-refractivity contribution in [1.29, 1.82) is 0 Å². The van der Waals surface area contributed by atoms with Crippen LogP contribution in [0.15, 0.2) is 18.2 Å². The number of aryl methyl sites for hydroxylation is 1. The van der Waals surface area contributed by atoms with Gasteiger partial charge in [-0.2, -0.15) is 0 Å². The summed E-state index contributed by atoms with van der Waals surface area (Å²) in [4.78, 5) is 0. The summed E-state index contributed by atoms with van der Waals surface area (Å²) in [6.45, 7) is 6.49. The van der Waals surface area contributed by atoms with Gasteiger partial charge in [0.2, 0.25) is 6.79 Å². The van der Waals surface area contributed by atoms with E-state index in [0.29, 0.717) is 6.79 Å². The van der Waals surface area contributed by atoms with Crippen LogP contribution < -0.4 is 9.47 Å². The monoisotopic (exact) mass is 180 g/mol. The van der Waals surface area contributed by atoms with Gasteiger partial charge in [-0.05, 0) is 24.1 Å². The Bertz CT molecular complexity index is 269. The van der Waals surface area contributed by atoms with E-state index in [9.17, 15) is 0 Å². The molecule has 0 unspecified atom stereocenters. The number of rotatable bonds is 1. The highest BCUT2D eigenvalue weighted by Gasteiger charge is 2.11. The van der Waals surface area contributed by atoms with Crippen molar-refractivity contribution < 1.29 is 9.47 Å². The molecule has 1 aliphatic heterocycles. The van der Waals surface area contributed by atoms with Crippen LogP contribution >= 0.6 is 0 Å². The molecule has 0 saturated heterocycles. The van der Waals surface area contributed by atoms with Crippen LogP contribution in [0.3, 0.4) is 0 Å². The molecular weight excluding hydrogens is 164 g/mol. The largest absolute Gasteiger partial charge is 0.454 e. The number of benzene rings is 1. The van der Waals surface area contributed by atoms with E-state index >= 15 is 0 Å². The van der Waals surface area contributed by atoms with Crippen molar-refractivity contribution in [1.82, 2.24) is 0 Å². The molecule has 0 bridgehead atoms. The SMILES string of the molecule is CC.CCc1ccc2c(c1)OCO2. The van der Waals surface area contributed by atoms with E-state index in [4.69, 9.17) is 9.47 Å². The second-order valence-corrected chi connectivity index (χ2v) is 2.54. The van der Waals surface area contributed by atoms with Crippen LogP contribution in [0.2, 0.25) is 0 Å². The number of fused-ring (bicyclic) bond motifs is 1. The lowest BCUT2D eigenvalue weighted by Gasteiger charge is -1.97. The third-order valence-electron chi connectivity index (χ3n) is 1.85. The molecule has 2 rings (SSSR count). The van der Waals surface area contributed by atoms with Crippen LogP contribution in [0.5, 0.6) is 11.5 Å². The minimum Gasteiger partial charge on any atom is -0.454 e. The van der Waals surface area contributed by atoms with E-state index in [0.717, 1.165) is 17.9 Å². The van der Waals surface area contributed by atoms with Crippen molar-refractivity contribution in [3.63, 3.8) is 0 Å². The zero-order valence-corrected chi connectivity index (χ0v) is 8.46. The fourth-order valence-electron chi connectivity index (χ4n) is 1.16. The molecule has 0 atom stereocenters. The zero-order valence-electron chi connectivity index (χ0n) is 8.46. The molecule has 2 nitrogen and oxygen atoms in total. The number of hydrogen-bond donors (Lipinski definition) is 0. The van der Waals surface area contributed by atoms with Gasteiger partial charge in [-0.1, -0.05) is 26.8 Å². The summed E-state index contributed by atoms with van der Waals surface area (Å²) >= 11 is 0. The van der Waals surface area contributed by atoms with Crippen molar-refractivity contribution in [2.24, 2.45) is 0 Å². The van der Waals surface area contributed by atoms with Gasteiger partial charge in [-0.25, -0.2) is 0 Å². The quantitative estimate of drug-likeness (QED) is 0.661. The van der Waals surface area contributed by atoms with Crippen LogP contribution in [-0.2, 0) is 6.42 Å². The lowest BCUT2D eigenvalue weighted by atomic mass is 10.1. The Labute approximate surface area is 79.5 Å². The van der Waals surface area contributed by atoms with E-state index in [1.165, 1.54) is 5.56 Å². The molecule has 13 heavy (non-hydrogen) atoms. The van der Waals surface area contributed by atoms with E-state index in [2.05, 4.69) is 13.0 Å². The van der Waals surface area contributed by atoms with Gasteiger partial charge in [-0.15, -0.1) is 0 Å². The lowest BCUT2D eigenvalue weighted by Crippen LogP contribution is -1.92. The van der Waals surface area contributed by atoms with Crippen LogP contribution in [0.25, 0.3) is 0 Å². The van der Waals surface area contributed by atoms with Crippen LogP contribution in [0.4, 0.5) is 0 Å². The summed E-state index contributed by atoms with van der Waals surface area (Å²) in [5.74, 6) is 1.74. The number of hydrogen-bond acceptors (Lipinski definition) is 2. The highest BCUT2D eigenvalue weighted by Crippen LogP contribution is 2.32. The smallest absolute Gasteiger partial charge is 0.231 e. The average Bonchev–Trinajstić information content (AvgIpc) is 2.67. The van der Waals surface area contributed by atoms with Crippen molar-refractivity contribution in [2.45, 2.75) is 27.2 Å². The Balaban J connectivity index is 0.000000396. The first kappa shape index (κ1) is 9.90. The molecule has 0 radical (unpaired) electrons. The maximum Gasteiger partial charge on any atom is 0.231 e. The minimum atomic E-state index is 0.364. The molecule has 0 amide bonds. The molecule has 0 N–H and O–H groups in total. The molecule has 0 spiro atoms. The Hall–Kier alpha value is -1.18. The Morgan fingerprint density at radius 2 is 1.85 bits per heavy atom. The van der Waals surface area contributed by atoms with Crippen molar-refractivity contribution >= 4 is 0 Å². The zero-order chi connectivity index (χ0) is 9.68. The van der Waals surface area contributed by atoms with Gasteiger partial charge in [-0.3, -0.25) is 0 Å². The van der Waals surface area contributed by atoms with E-state index in [1.54, 1.807) is 0 Å². The number of ether oxygens (including phenoxy) is 2. The van der Waals surface area contributed by atoms with E-state index in [1.807, 2.05) is 26.0 Å². The molecule has 0 aliphatic carbocycles.